The summed E-state index contributed by atoms with van der Waals surface area (Å²) in [6.07, 6.45) is -4.60. The van der Waals surface area contributed by atoms with Crippen LogP contribution in [-0.2, 0) is 10.9 Å². The lowest BCUT2D eigenvalue weighted by Gasteiger charge is -2.35. The van der Waals surface area contributed by atoms with Crippen LogP contribution in [0.1, 0.15) is 58.5 Å². The molecule has 5 nitrogen and oxygen atoms in total. The molecule has 3 aliphatic rings. The van der Waals surface area contributed by atoms with Crippen LogP contribution >= 0.6 is 0 Å². The smallest absolute Gasteiger partial charge is 0.416 e. The van der Waals surface area contributed by atoms with Crippen molar-refractivity contribution in [2.45, 2.75) is 12.1 Å². The maximum atomic E-state index is 13.6. The molecule has 2 aliphatic carbocycles. The summed E-state index contributed by atoms with van der Waals surface area (Å²) >= 11 is 0. The zero-order valence-corrected chi connectivity index (χ0v) is 18.2. The van der Waals surface area contributed by atoms with Gasteiger partial charge in [-0.3, -0.25) is 19.2 Å². The molecule has 176 valence electrons. The van der Waals surface area contributed by atoms with Gasteiger partial charge in [0.15, 0.2) is 23.1 Å². The van der Waals surface area contributed by atoms with Gasteiger partial charge in [0.05, 0.1) is 16.7 Å². The van der Waals surface area contributed by atoms with Gasteiger partial charge in [-0.05, 0) is 17.7 Å². The number of fused-ring (bicyclic) bond motifs is 2. The Hall–Kier alpha value is -4.59. The minimum absolute atomic E-state index is 0.0754. The van der Waals surface area contributed by atoms with Crippen LogP contribution in [0.3, 0.4) is 0 Å². The minimum atomic E-state index is -4.60. The Morgan fingerprint density at radius 1 is 0.556 bits per heavy atom. The van der Waals surface area contributed by atoms with Gasteiger partial charge in [-0.15, -0.1) is 0 Å². The van der Waals surface area contributed by atoms with E-state index in [1.807, 2.05) is 0 Å². The molecule has 8 heteroatoms. The van der Waals surface area contributed by atoms with Crippen molar-refractivity contribution < 1.29 is 37.1 Å². The monoisotopic (exact) mass is 486 g/mol. The molecule has 0 N–H and O–H groups in total. The summed E-state index contributed by atoms with van der Waals surface area (Å²) in [6.45, 7) is 0. The highest BCUT2D eigenvalue weighted by Gasteiger charge is 2.49. The summed E-state index contributed by atoms with van der Waals surface area (Å²) < 4.78 is 45.4. The van der Waals surface area contributed by atoms with Crippen molar-refractivity contribution in [3.63, 3.8) is 0 Å². The molecule has 0 bridgehead atoms. The molecule has 0 aromatic heterocycles. The summed E-state index contributed by atoms with van der Waals surface area (Å²) in [4.78, 5) is 54.0. The second-order valence-corrected chi connectivity index (χ2v) is 8.55. The molecule has 0 spiro atoms. The fraction of sp³-hybridized carbons (Fsp3) is 0.0714. The van der Waals surface area contributed by atoms with Crippen LogP contribution in [0.2, 0.25) is 0 Å². The molecule has 0 saturated heterocycles. The van der Waals surface area contributed by atoms with Crippen molar-refractivity contribution in [3.05, 3.63) is 129 Å². The van der Waals surface area contributed by atoms with Crippen LogP contribution < -0.4 is 0 Å². The fourth-order valence-corrected chi connectivity index (χ4v) is 4.92. The summed E-state index contributed by atoms with van der Waals surface area (Å²) in [5, 5.41) is 0. The normalized spacial score (nSPS) is 17.4. The third kappa shape index (κ3) is 2.97. The van der Waals surface area contributed by atoms with E-state index in [4.69, 9.17) is 4.74 Å². The molecule has 0 saturated carbocycles. The van der Waals surface area contributed by atoms with Crippen molar-refractivity contribution in [2.24, 2.45) is 0 Å². The largest absolute Gasteiger partial charge is 0.448 e. The molecular weight excluding hydrogens is 473 g/mol. The quantitative estimate of drug-likeness (QED) is 0.455. The van der Waals surface area contributed by atoms with E-state index in [0.29, 0.717) is 0 Å². The first-order valence-electron chi connectivity index (χ1n) is 10.9. The summed E-state index contributed by atoms with van der Waals surface area (Å²) in [5.41, 5.74) is -0.822. The van der Waals surface area contributed by atoms with Gasteiger partial charge in [0.2, 0.25) is 11.6 Å². The zero-order chi connectivity index (χ0) is 25.4. The van der Waals surface area contributed by atoms with Gasteiger partial charge in [-0.2, -0.15) is 13.2 Å². The summed E-state index contributed by atoms with van der Waals surface area (Å²) in [6, 6.07) is 16.0. The summed E-state index contributed by atoms with van der Waals surface area (Å²) in [7, 11) is 0. The van der Waals surface area contributed by atoms with E-state index in [-0.39, 0.29) is 39.0 Å². The highest BCUT2D eigenvalue weighted by molar-refractivity contribution is 6.32. The fourth-order valence-electron chi connectivity index (χ4n) is 4.92. The Morgan fingerprint density at radius 2 is 0.944 bits per heavy atom. The maximum Gasteiger partial charge on any atom is 0.416 e. The van der Waals surface area contributed by atoms with Gasteiger partial charge in [0, 0.05) is 28.2 Å². The number of halogens is 3. The van der Waals surface area contributed by atoms with Crippen molar-refractivity contribution in [2.75, 3.05) is 0 Å². The van der Waals surface area contributed by atoms with E-state index in [9.17, 15) is 32.3 Å². The topological polar surface area (TPSA) is 77.5 Å². The first kappa shape index (κ1) is 21.9. The zero-order valence-electron chi connectivity index (χ0n) is 18.2. The van der Waals surface area contributed by atoms with Crippen LogP contribution in [0.25, 0.3) is 0 Å². The van der Waals surface area contributed by atoms with Gasteiger partial charge < -0.3 is 4.74 Å². The molecular formula is C28H13F3O5. The number of benzene rings is 3. The SMILES string of the molecule is O=C1C2=C(C(=O)c3ccccc31)C(c1ccc(C(F)(F)F)cc1)C1=C(O2)C(=O)c2ccccc2C1=O. The molecule has 1 heterocycles. The van der Waals surface area contributed by atoms with E-state index in [2.05, 4.69) is 0 Å². The van der Waals surface area contributed by atoms with Gasteiger partial charge in [-0.1, -0.05) is 60.7 Å². The van der Waals surface area contributed by atoms with Crippen LogP contribution in [0.15, 0.2) is 95.5 Å². The van der Waals surface area contributed by atoms with Gasteiger partial charge in [0.1, 0.15) is 0 Å². The number of rotatable bonds is 1. The molecule has 1 aliphatic heterocycles. The molecule has 0 unspecified atom stereocenters. The maximum absolute atomic E-state index is 13.6. The number of ether oxygens (including phenoxy) is 1. The third-order valence-electron chi connectivity index (χ3n) is 6.58. The van der Waals surface area contributed by atoms with Crippen LogP contribution in [0, 0.1) is 0 Å². The number of carbonyl (C=O) groups excluding carboxylic acids is 4. The Balaban J connectivity index is 1.61. The van der Waals surface area contributed by atoms with E-state index in [0.717, 1.165) is 24.3 Å². The van der Waals surface area contributed by atoms with Gasteiger partial charge in [0.25, 0.3) is 0 Å². The Labute approximate surface area is 201 Å². The lowest BCUT2D eigenvalue weighted by Crippen LogP contribution is -2.36. The standard InChI is InChI=1S/C28H13F3O5/c29-28(30,31)14-11-9-13(10-12-14)19-20-22(32)15-5-1-3-7-17(15)24(34)26(20)36-27-21(19)23(33)16-6-2-4-8-18(16)25(27)35/h1-12,19H. The van der Waals surface area contributed by atoms with E-state index in [1.165, 1.54) is 24.3 Å². The average molecular weight is 486 g/mol. The molecule has 0 fully saturated rings. The van der Waals surface area contributed by atoms with Gasteiger partial charge in [-0.25, -0.2) is 0 Å². The number of allylic oxidation sites excluding steroid dienone is 4. The number of ketones is 4. The van der Waals surface area contributed by atoms with Crippen molar-refractivity contribution in [1.82, 2.24) is 0 Å². The second-order valence-electron chi connectivity index (χ2n) is 8.55. The van der Waals surface area contributed by atoms with Crippen molar-refractivity contribution in [1.29, 1.82) is 0 Å². The second kappa shape index (κ2) is 7.45. The van der Waals surface area contributed by atoms with Crippen molar-refractivity contribution in [3.8, 4) is 0 Å². The Morgan fingerprint density at radius 3 is 1.33 bits per heavy atom. The lowest BCUT2D eigenvalue weighted by molar-refractivity contribution is -0.137. The minimum Gasteiger partial charge on any atom is -0.448 e. The first-order valence-corrected chi connectivity index (χ1v) is 10.9. The number of Topliss-reactive ketones (excluding diaryl/α,β-unsaturated/α-hetero) is 4. The van der Waals surface area contributed by atoms with E-state index in [1.54, 1.807) is 24.3 Å². The number of alkyl halides is 3. The molecule has 36 heavy (non-hydrogen) atoms. The molecule has 0 atom stereocenters. The van der Waals surface area contributed by atoms with Crippen molar-refractivity contribution >= 4 is 23.1 Å². The average Bonchev–Trinajstić information content (AvgIpc) is 2.89. The van der Waals surface area contributed by atoms with E-state index < -0.39 is 52.3 Å². The number of carbonyl (C=O) groups is 4. The van der Waals surface area contributed by atoms with E-state index >= 15 is 0 Å². The lowest BCUT2D eigenvalue weighted by atomic mass is 9.70. The molecule has 0 amide bonds. The van der Waals surface area contributed by atoms with Gasteiger partial charge >= 0.3 is 6.18 Å². The first-order chi connectivity index (χ1) is 17.2. The van der Waals surface area contributed by atoms with Crippen LogP contribution in [-0.4, -0.2) is 23.1 Å². The molecule has 3 aromatic carbocycles. The molecule has 6 rings (SSSR count). The third-order valence-corrected chi connectivity index (χ3v) is 6.58. The highest BCUT2D eigenvalue weighted by Crippen LogP contribution is 2.48. The van der Waals surface area contributed by atoms with Crippen LogP contribution in [0.5, 0.6) is 0 Å². The Kier molecular flexibility index (Phi) is 4.54. The summed E-state index contributed by atoms with van der Waals surface area (Å²) in [5.74, 6) is -4.58. The number of hydrogen-bond donors (Lipinski definition) is 0. The predicted octanol–water partition coefficient (Wildman–Crippen LogP) is 5.49. The predicted molar refractivity (Wildman–Crippen MR) is 120 cm³/mol. The Bertz CT molecular complexity index is 1520. The molecule has 0 radical (unpaired) electrons. The number of hydrogen-bond acceptors (Lipinski definition) is 5. The molecule has 3 aromatic rings. The van der Waals surface area contributed by atoms with Crippen LogP contribution in [0.4, 0.5) is 13.2 Å². The highest BCUT2D eigenvalue weighted by atomic mass is 19.4.